The van der Waals surface area contributed by atoms with Crippen LogP contribution in [0.2, 0.25) is 0 Å². The summed E-state index contributed by atoms with van der Waals surface area (Å²) in [5.74, 6) is -1.34. The van der Waals surface area contributed by atoms with Crippen LogP contribution in [0.25, 0.3) is 11.1 Å². The van der Waals surface area contributed by atoms with Gasteiger partial charge in [0, 0.05) is 5.92 Å². The number of carbonyl (C=O) groups excluding carboxylic acids is 3. The van der Waals surface area contributed by atoms with Crippen molar-refractivity contribution in [2.24, 2.45) is 5.73 Å². The van der Waals surface area contributed by atoms with E-state index in [1.54, 1.807) is 20.8 Å². The molecule has 13 heteroatoms. The van der Waals surface area contributed by atoms with E-state index in [9.17, 15) is 19.2 Å². The van der Waals surface area contributed by atoms with E-state index in [1.165, 1.54) is 6.92 Å². The summed E-state index contributed by atoms with van der Waals surface area (Å²) in [6, 6.07) is 15.8. The van der Waals surface area contributed by atoms with Crippen molar-refractivity contribution in [3.05, 3.63) is 59.7 Å². The first kappa shape index (κ1) is 33.4. The Kier molecular flexibility index (Phi) is 14.0. The summed E-state index contributed by atoms with van der Waals surface area (Å²) < 4.78 is 19.4. The molecule has 0 saturated carbocycles. The molecule has 210 valence electrons. The molecule has 1 atom stereocenters. The fraction of sp³-hybridized carbons (Fsp3) is 0.385. The Morgan fingerprint density at radius 2 is 1.51 bits per heavy atom. The Morgan fingerprint density at radius 1 is 1.05 bits per heavy atom. The number of benzene rings is 2. The van der Waals surface area contributed by atoms with Crippen LogP contribution in [0.4, 0.5) is 9.59 Å². The van der Waals surface area contributed by atoms with Crippen molar-refractivity contribution in [2.45, 2.75) is 39.2 Å². The summed E-state index contributed by atoms with van der Waals surface area (Å²) in [5, 5.41) is 11.5. The van der Waals surface area contributed by atoms with E-state index >= 15 is 0 Å². The third kappa shape index (κ3) is 11.7. The first-order valence-electron chi connectivity index (χ1n) is 12.0. The third-order valence-corrected chi connectivity index (χ3v) is 5.02. The van der Waals surface area contributed by atoms with Crippen LogP contribution in [0, 0.1) is 0 Å². The zero-order chi connectivity index (χ0) is 29.6. The number of hydrogen-bond donors (Lipinski definition) is 3. The van der Waals surface area contributed by atoms with Crippen LogP contribution < -0.4 is 11.1 Å². The Bertz CT molecular complexity index is 1110. The number of nitrogens with two attached hydrogens (primary N) is 1. The van der Waals surface area contributed by atoms with E-state index in [2.05, 4.69) is 5.32 Å². The van der Waals surface area contributed by atoms with Gasteiger partial charge in [0.1, 0.15) is 31.2 Å². The average Bonchev–Trinajstić information content (AvgIpc) is 3.18. The van der Waals surface area contributed by atoms with E-state index in [1.807, 2.05) is 57.6 Å². The van der Waals surface area contributed by atoms with Gasteiger partial charge in [0.15, 0.2) is 0 Å². The molecule has 39 heavy (non-hydrogen) atoms. The Balaban J connectivity index is 0.000000838. The number of fused-ring (bicyclic) bond motifs is 3. The summed E-state index contributed by atoms with van der Waals surface area (Å²) in [6.07, 6.45) is -1.59. The Labute approximate surface area is 230 Å². The predicted octanol–water partition coefficient (Wildman–Crippen LogP) is 3.16. The van der Waals surface area contributed by atoms with Crippen molar-refractivity contribution in [1.82, 2.24) is 10.2 Å². The van der Waals surface area contributed by atoms with Crippen molar-refractivity contribution in [3.63, 3.8) is 0 Å². The van der Waals surface area contributed by atoms with Gasteiger partial charge in [0.2, 0.25) is 0 Å². The molecule has 0 spiro atoms. The molecule has 0 fully saturated rings. The van der Waals surface area contributed by atoms with Crippen molar-refractivity contribution in [1.29, 1.82) is 0 Å². The fourth-order valence-electron chi connectivity index (χ4n) is 3.51. The zero-order valence-corrected chi connectivity index (χ0v) is 23.7. The van der Waals surface area contributed by atoms with Gasteiger partial charge in [-0.15, -0.1) is 0 Å². The van der Waals surface area contributed by atoms with Crippen molar-refractivity contribution >= 4 is 39.9 Å². The summed E-state index contributed by atoms with van der Waals surface area (Å²) in [4.78, 5) is 46.2. The topological polar surface area (TPSA) is 165 Å². The van der Waals surface area contributed by atoms with Gasteiger partial charge in [-0.1, -0.05) is 48.5 Å². The van der Waals surface area contributed by atoms with Gasteiger partial charge in [-0.25, -0.2) is 9.59 Å². The molecular formula is C26H35BN3O8P. The molecule has 1 unspecified atom stereocenters. The number of alkyl carbamates (subject to hydrolysis) is 1. The second-order valence-electron chi connectivity index (χ2n) is 9.27. The number of carboxylic acids is 1. The van der Waals surface area contributed by atoms with Crippen LogP contribution >= 0.6 is 9.12 Å². The van der Waals surface area contributed by atoms with Crippen LogP contribution in [0.3, 0.4) is 0 Å². The monoisotopic (exact) mass is 559 g/mol. The number of ether oxygens (including phenoxy) is 2. The number of hydrogen-bond acceptors (Lipinski definition) is 8. The summed E-state index contributed by atoms with van der Waals surface area (Å²) in [7, 11) is 1.90. The number of Topliss-reactive ketones (excluding diaryl/α,β-unsaturated/α-hetero) is 1. The van der Waals surface area contributed by atoms with E-state index in [0.717, 1.165) is 27.2 Å². The van der Waals surface area contributed by atoms with Crippen molar-refractivity contribution < 1.29 is 38.5 Å². The SMILES string of the molecule is CC(=O)CN.CC(C)(C)OC(=O)NCN(CC(=O)O)C(=O)OCC1c2ccccc2-c2ccccc21.O=BP. The number of ketones is 1. The minimum atomic E-state index is -1.22. The second-order valence-corrected chi connectivity index (χ2v) is 9.55. The van der Waals surface area contributed by atoms with Gasteiger partial charge >= 0.3 is 38.8 Å². The van der Waals surface area contributed by atoms with Crippen LogP contribution in [-0.2, 0) is 23.8 Å². The Morgan fingerprint density at radius 3 is 1.92 bits per heavy atom. The first-order chi connectivity index (χ1) is 18.3. The standard InChI is InChI=1S/C23H26N2O6.C3H7NO.BH2OP/c1-23(2,3)31-21(28)24-14-25(12-20(26)27)22(29)30-13-19-17-10-6-4-8-15(17)16-9-5-7-11-18(16)19;1-3(5)2-4;2-1-3/h4-11,19H,12-14H2,1-3H3,(H,24,28)(H,26,27);2,4H2,1H3;3H2. The zero-order valence-electron chi connectivity index (χ0n) is 22.5. The number of aliphatic carboxylic acids is 1. The van der Waals surface area contributed by atoms with Crippen LogP contribution in [-0.4, -0.2) is 72.8 Å². The summed E-state index contributed by atoms with van der Waals surface area (Å²) in [6.45, 7) is 6.48. The minimum absolute atomic E-state index is 0.0324. The number of rotatable bonds is 7. The first-order valence-corrected chi connectivity index (χ1v) is 12.6. The molecule has 1 aliphatic carbocycles. The molecule has 4 N–H and O–H groups in total. The van der Waals surface area contributed by atoms with Gasteiger partial charge in [-0.2, -0.15) is 0 Å². The molecule has 2 aromatic rings. The average molecular weight is 559 g/mol. The molecular weight excluding hydrogens is 524 g/mol. The van der Waals surface area contributed by atoms with Gasteiger partial charge in [-0.3, -0.25) is 14.5 Å². The number of carboxylic acid groups (broad SMARTS) is 1. The summed E-state index contributed by atoms with van der Waals surface area (Å²) in [5.41, 5.74) is 8.39. The number of nitrogens with one attached hydrogen (secondary N) is 1. The van der Waals surface area contributed by atoms with Crippen LogP contribution in [0.15, 0.2) is 48.5 Å². The maximum absolute atomic E-state index is 12.6. The van der Waals surface area contributed by atoms with E-state index < -0.39 is 30.3 Å². The van der Waals surface area contributed by atoms with Gasteiger partial charge in [0.05, 0.1) is 6.54 Å². The van der Waals surface area contributed by atoms with E-state index in [0.29, 0.717) is 6.87 Å². The predicted molar refractivity (Wildman–Crippen MR) is 150 cm³/mol. The second kappa shape index (κ2) is 16.4. The molecule has 0 saturated heterocycles. The van der Waals surface area contributed by atoms with Gasteiger partial charge in [0.25, 0.3) is 0 Å². The maximum atomic E-state index is 12.6. The molecule has 0 bridgehead atoms. The van der Waals surface area contributed by atoms with Crippen molar-refractivity contribution in [2.75, 3.05) is 26.4 Å². The molecule has 2 aromatic carbocycles. The third-order valence-electron chi connectivity index (χ3n) is 5.02. The number of carbonyl (C=O) groups is 4. The molecule has 0 radical (unpaired) electrons. The fourth-order valence-corrected chi connectivity index (χ4v) is 3.51. The molecule has 0 heterocycles. The molecule has 11 nitrogen and oxygen atoms in total. The number of nitrogens with zero attached hydrogens (tertiary/aromatic N) is 1. The van der Waals surface area contributed by atoms with E-state index in [4.69, 9.17) is 25.0 Å². The van der Waals surface area contributed by atoms with Crippen molar-refractivity contribution in [3.8, 4) is 11.1 Å². The summed E-state index contributed by atoms with van der Waals surface area (Å²) >= 11 is 0. The van der Waals surface area contributed by atoms with Gasteiger partial charge in [-0.05, 0) is 49.9 Å². The molecule has 1 aliphatic rings. The molecule has 0 aliphatic heterocycles. The van der Waals surface area contributed by atoms with Gasteiger partial charge < -0.3 is 25.6 Å². The van der Waals surface area contributed by atoms with Crippen LogP contribution in [0.5, 0.6) is 0 Å². The van der Waals surface area contributed by atoms with E-state index in [-0.39, 0.29) is 31.5 Å². The molecule has 3 rings (SSSR count). The Hall–Kier alpha value is -3.63. The normalized spacial score (nSPS) is 11.1. The number of amides is 2. The van der Waals surface area contributed by atoms with Crippen LogP contribution in [0.1, 0.15) is 44.7 Å². The quantitative estimate of drug-likeness (QED) is 0.262. The molecule has 0 aromatic heterocycles. The molecule has 2 amide bonds.